The predicted molar refractivity (Wildman–Crippen MR) is 55.6 cm³/mol. The molecule has 78 valence electrons. The molecule has 1 saturated carbocycles. The van der Waals surface area contributed by atoms with E-state index in [0.717, 1.165) is 19.1 Å². The molecule has 1 aliphatic carbocycles. The molecule has 0 aliphatic heterocycles. The van der Waals surface area contributed by atoms with Gasteiger partial charge in [0, 0.05) is 12.0 Å². The Bertz CT molecular complexity index is 139. The van der Waals surface area contributed by atoms with E-state index in [0.29, 0.717) is 6.54 Å². The van der Waals surface area contributed by atoms with Crippen molar-refractivity contribution >= 4 is 0 Å². The smallest absolute Gasteiger partial charge is 0.0529 e. The summed E-state index contributed by atoms with van der Waals surface area (Å²) < 4.78 is 5.69. The molecule has 2 N–H and O–H groups in total. The second-order valence-electron chi connectivity index (χ2n) is 5.03. The average molecular weight is 185 g/mol. The van der Waals surface area contributed by atoms with Gasteiger partial charge in [-0.1, -0.05) is 26.7 Å². The molecule has 0 aromatic heterocycles. The lowest BCUT2D eigenvalue weighted by Crippen LogP contribution is -2.29. The quantitative estimate of drug-likeness (QED) is 0.712. The van der Waals surface area contributed by atoms with Crippen LogP contribution in [-0.2, 0) is 4.74 Å². The van der Waals surface area contributed by atoms with Crippen molar-refractivity contribution in [2.24, 2.45) is 17.1 Å². The summed E-state index contributed by atoms with van der Waals surface area (Å²) in [5.41, 5.74) is 5.77. The number of rotatable bonds is 5. The molecule has 2 nitrogen and oxygen atoms in total. The Labute approximate surface area is 81.8 Å². The first-order valence-electron chi connectivity index (χ1n) is 5.42. The van der Waals surface area contributed by atoms with E-state index in [9.17, 15) is 0 Å². The zero-order chi connectivity index (χ0) is 9.73. The fourth-order valence-electron chi connectivity index (χ4n) is 1.74. The molecule has 1 aliphatic rings. The van der Waals surface area contributed by atoms with Gasteiger partial charge in [0.05, 0.1) is 6.61 Å². The Kier molecular flexibility index (Phi) is 4.20. The molecule has 0 aromatic carbocycles. The van der Waals surface area contributed by atoms with E-state index in [1.807, 2.05) is 0 Å². The highest BCUT2D eigenvalue weighted by Crippen LogP contribution is 2.25. The highest BCUT2D eigenvalue weighted by Gasteiger charge is 2.19. The van der Waals surface area contributed by atoms with Crippen LogP contribution in [0.25, 0.3) is 0 Å². The van der Waals surface area contributed by atoms with Crippen molar-refractivity contribution in [1.82, 2.24) is 0 Å². The Balaban J connectivity index is 2.06. The molecule has 0 unspecified atom stereocenters. The van der Waals surface area contributed by atoms with Gasteiger partial charge >= 0.3 is 0 Å². The van der Waals surface area contributed by atoms with Crippen molar-refractivity contribution in [3.05, 3.63) is 0 Å². The maximum atomic E-state index is 5.69. The van der Waals surface area contributed by atoms with Gasteiger partial charge < -0.3 is 10.5 Å². The summed E-state index contributed by atoms with van der Waals surface area (Å²) in [6, 6.07) is 0. The van der Waals surface area contributed by atoms with Crippen LogP contribution in [0.3, 0.4) is 0 Å². The van der Waals surface area contributed by atoms with Crippen LogP contribution in [0, 0.1) is 11.3 Å². The molecule has 0 atom stereocenters. The van der Waals surface area contributed by atoms with E-state index >= 15 is 0 Å². The Morgan fingerprint density at radius 3 is 2.46 bits per heavy atom. The highest BCUT2D eigenvalue weighted by atomic mass is 16.5. The third kappa shape index (κ3) is 4.10. The van der Waals surface area contributed by atoms with Crippen LogP contribution in [0.15, 0.2) is 0 Å². The zero-order valence-corrected chi connectivity index (χ0v) is 9.01. The van der Waals surface area contributed by atoms with Crippen LogP contribution in [-0.4, -0.2) is 19.8 Å². The van der Waals surface area contributed by atoms with E-state index in [1.165, 1.54) is 25.7 Å². The van der Waals surface area contributed by atoms with E-state index < -0.39 is 0 Å². The minimum Gasteiger partial charge on any atom is -0.381 e. The minimum absolute atomic E-state index is 0.151. The molecular weight excluding hydrogens is 162 g/mol. The molecule has 0 heterocycles. The summed E-state index contributed by atoms with van der Waals surface area (Å²) in [6.07, 6.45) is 5.52. The van der Waals surface area contributed by atoms with Crippen molar-refractivity contribution in [1.29, 1.82) is 0 Å². The minimum atomic E-state index is 0.151. The maximum absolute atomic E-state index is 5.69. The molecular formula is C11H23NO. The van der Waals surface area contributed by atoms with Gasteiger partial charge in [0.2, 0.25) is 0 Å². The second kappa shape index (κ2) is 4.97. The Morgan fingerprint density at radius 2 is 1.92 bits per heavy atom. The zero-order valence-electron chi connectivity index (χ0n) is 9.01. The van der Waals surface area contributed by atoms with Gasteiger partial charge in [-0.2, -0.15) is 0 Å². The largest absolute Gasteiger partial charge is 0.381 e. The summed E-state index contributed by atoms with van der Waals surface area (Å²) in [5, 5.41) is 0. The third-order valence-corrected chi connectivity index (χ3v) is 2.87. The van der Waals surface area contributed by atoms with Crippen molar-refractivity contribution in [3.63, 3.8) is 0 Å². The molecule has 1 rings (SSSR count). The Hall–Kier alpha value is -0.0800. The fraction of sp³-hybridized carbons (Fsp3) is 1.00. The van der Waals surface area contributed by atoms with Gasteiger partial charge in [-0.25, -0.2) is 0 Å². The number of ether oxygens (including phenoxy) is 1. The van der Waals surface area contributed by atoms with Gasteiger partial charge in [0.1, 0.15) is 0 Å². The van der Waals surface area contributed by atoms with E-state index in [1.54, 1.807) is 0 Å². The maximum Gasteiger partial charge on any atom is 0.0529 e. The molecule has 0 amide bonds. The first-order valence-corrected chi connectivity index (χ1v) is 5.42. The first-order chi connectivity index (χ1) is 6.14. The highest BCUT2D eigenvalue weighted by molar-refractivity contribution is 4.70. The lowest BCUT2D eigenvalue weighted by Gasteiger charge is -2.23. The van der Waals surface area contributed by atoms with Crippen molar-refractivity contribution in [2.45, 2.75) is 39.5 Å². The molecule has 2 heteroatoms. The summed E-state index contributed by atoms with van der Waals surface area (Å²) in [5.74, 6) is 0.827. The van der Waals surface area contributed by atoms with Gasteiger partial charge in [-0.15, -0.1) is 0 Å². The van der Waals surface area contributed by atoms with E-state index in [2.05, 4.69) is 13.8 Å². The lowest BCUT2D eigenvalue weighted by molar-refractivity contribution is 0.0449. The monoisotopic (exact) mass is 185 g/mol. The lowest BCUT2D eigenvalue weighted by atomic mass is 9.95. The van der Waals surface area contributed by atoms with Crippen LogP contribution in [0.1, 0.15) is 39.5 Å². The van der Waals surface area contributed by atoms with Crippen LogP contribution < -0.4 is 5.73 Å². The number of nitrogens with two attached hydrogens (primary N) is 1. The molecule has 0 aromatic rings. The normalized spacial score (nSPS) is 19.6. The van der Waals surface area contributed by atoms with Crippen LogP contribution in [0.2, 0.25) is 0 Å². The van der Waals surface area contributed by atoms with Crippen molar-refractivity contribution < 1.29 is 4.74 Å². The van der Waals surface area contributed by atoms with Gasteiger partial charge in [0.15, 0.2) is 0 Å². The third-order valence-electron chi connectivity index (χ3n) is 2.87. The van der Waals surface area contributed by atoms with Crippen molar-refractivity contribution in [2.75, 3.05) is 19.8 Å². The predicted octanol–water partition coefficient (Wildman–Crippen LogP) is 2.18. The van der Waals surface area contributed by atoms with Crippen LogP contribution in [0.5, 0.6) is 0 Å². The SMILES string of the molecule is CC(C)(CN)COCC1CCCC1. The van der Waals surface area contributed by atoms with Crippen LogP contribution in [0.4, 0.5) is 0 Å². The molecule has 0 spiro atoms. The summed E-state index contributed by atoms with van der Waals surface area (Å²) in [6.45, 7) is 6.77. The second-order valence-corrected chi connectivity index (χ2v) is 5.03. The molecule has 13 heavy (non-hydrogen) atoms. The first kappa shape index (κ1) is 11.0. The fourth-order valence-corrected chi connectivity index (χ4v) is 1.74. The number of hydrogen-bond donors (Lipinski definition) is 1. The van der Waals surface area contributed by atoms with Crippen molar-refractivity contribution in [3.8, 4) is 0 Å². The van der Waals surface area contributed by atoms with Gasteiger partial charge in [-0.3, -0.25) is 0 Å². The average Bonchev–Trinajstić information content (AvgIpc) is 2.57. The summed E-state index contributed by atoms with van der Waals surface area (Å²) >= 11 is 0. The molecule has 0 radical (unpaired) electrons. The summed E-state index contributed by atoms with van der Waals surface area (Å²) in [4.78, 5) is 0. The number of hydrogen-bond acceptors (Lipinski definition) is 2. The summed E-state index contributed by atoms with van der Waals surface area (Å²) in [7, 11) is 0. The Morgan fingerprint density at radius 1 is 1.31 bits per heavy atom. The molecule has 1 fully saturated rings. The van der Waals surface area contributed by atoms with E-state index in [-0.39, 0.29) is 5.41 Å². The van der Waals surface area contributed by atoms with Crippen LogP contribution >= 0.6 is 0 Å². The van der Waals surface area contributed by atoms with Gasteiger partial charge in [0.25, 0.3) is 0 Å². The standard InChI is InChI=1S/C11H23NO/c1-11(2,8-12)9-13-7-10-5-3-4-6-10/h10H,3-9,12H2,1-2H3. The van der Waals surface area contributed by atoms with Gasteiger partial charge in [-0.05, 0) is 25.3 Å². The topological polar surface area (TPSA) is 35.2 Å². The molecule has 0 bridgehead atoms. The van der Waals surface area contributed by atoms with E-state index in [4.69, 9.17) is 10.5 Å². The molecule has 0 saturated heterocycles.